The van der Waals surface area contributed by atoms with E-state index in [9.17, 15) is 39.0 Å². The van der Waals surface area contributed by atoms with Crippen LogP contribution in [0.5, 0.6) is 5.75 Å². The van der Waals surface area contributed by atoms with E-state index in [0.717, 1.165) is 22.9 Å². The third-order valence-corrected chi connectivity index (χ3v) is 12.5. The van der Waals surface area contributed by atoms with Crippen molar-refractivity contribution in [2.75, 3.05) is 59.0 Å². The number of rotatable bonds is 11. The average Bonchev–Trinajstić information content (AvgIpc) is 3.89. The van der Waals surface area contributed by atoms with Crippen LogP contribution in [0.2, 0.25) is 5.02 Å². The highest BCUT2D eigenvalue weighted by molar-refractivity contribution is 8.13. The molecule has 4 bridgehead atoms. The normalized spacial score (nSPS) is 29.0. The zero-order valence-electron chi connectivity index (χ0n) is 34.9. The number of fused-ring (bicyclic) bond motifs is 5. The summed E-state index contributed by atoms with van der Waals surface area (Å²) in [6.45, 7) is 7.38. The van der Waals surface area contributed by atoms with E-state index in [1.807, 2.05) is 6.92 Å². The summed E-state index contributed by atoms with van der Waals surface area (Å²) in [4.78, 5) is 82.7. The maximum atomic E-state index is 14.2. The molecule has 3 aliphatic rings. The maximum absolute atomic E-state index is 14.2. The number of alkyl carbamates (subject to hydrolysis) is 1. The summed E-state index contributed by atoms with van der Waals surface area (Å²) in [5.41, 5.74) is -1.48. The summed E-state index contributed by atoms with van der Waals surface area (Å²) in [6.07, 6.45) is -0.372. The van der Waals surface area contributed by atoms with Crippen molar-refractivity contribution in [3.05, 3.63) is 46.5 Å². The van der Waals surface area contributed by atoms with Gasteiger partial charge in [0.05, 0.1) is 25.3 Å². The number of halogens is 1. The first-order chi connectivity index (χ1) is 27.6. The molecule has 0 aliphatic carbocycles. The third kappa shape index (κ3) is 11.5. The molecule has 0 radical (unpaired) electrons. The summed E-state index contributed by atoms with van der Waals surface area (Å²) in [7, 11) is 7.61. The van der Waals surface area contributed by atoms with Crippen LogP contribution in [0.15, 0.2) is 35.9 Å². The fourth-order valence-electron chi connectivity index (χ4n) is 6.92. The van der Waals surface area contributed by atoms with Gasteiger partial charge in [0, 0.05) is 65.8 Å². The number of allylic oxidation sites excluding steroid dienone is 3. The highest BCUT2D eigenvalue weighted by atomic mass is 35.5. The number of carbonyl (C=O) groups is 6. The van der Waals surface area contributed by atoms with Crippen LogP contribution in [0.25, 0.3) is 0 Å². The Morgan fingerprint density at radius 3 is 2.56 bits per heavy atom. The Balaban J connectivity index is 1.60. The van der Waals surface area contributed by atoms with Crippen LogP contribution in [0.4, 0.5) is 15.3 Å². The number of nitrogens with zero attached hydrogens (tertiary/aromatic N) is 4. The lowest BCUT2D eigenvalue weighted by Crippen LogP contribution is -2.63. The molecule has 0 aromatic heterocycles. The molecule has 4 rings (SSSR count). The van der Waals surface area contributed by atoms with E-state index < -0.39 is 71.6 Å². The topological polar surface area (TPSA) is 208 Å². The zero-order chi connectivity index (χ0) is 44.0. The summed E-state index contributed by atoms with van der Waals surface area (Å²) in [5.74, 6) is -1.92. The van der Waals surface area contributed by atoms with Gasteiger partial charge in [-0.15, -0.1) is 0 Å². The number of aliphatic hydroxyl groups is 2. The number of amides is 5. The number of hydrogen-bond acceptors (Lipinski definition) is 13. The Bertz CT molecular complexity index is 1830. The van der Waals surface area contributed by atoms with E-state index in [0.29, 0.717) is 37.4 Å². The third-order valence-electron chi connectivity index (χ3n) is 11.1. The quantitative estimate of drug-likeness (QED) is 0.166. The van der Waals surface area contributed by atoms with Gasteiger partial charge in [0.25, 0.3) is 5.24 Å². The Hall–Kier alpha value is -4.36. The van der Waals surface area contributed by atoms with Crippen molar-refractivity contribution in [1.82, 2.24) is 20.0 Å². The Morgan fingerprint density at radius 2 is 1.90 bits per heavy atom. The molecule has 1 aromatic carbocycles. The molecule has 1 aromatic rings. The number of aliphatic hydroxyl groups excluding tert-OH is 1. The van der Waals surface area contributed by atoms with Crippen LogP contribution in [-0.4, -0.2) is 156 Å². The van der Waals surface area contributed by atoms with Gasteiger partial charge in [-0.1, -0.05) is 54.1 Å². The van der Waals surface area contributed by atoms with Crippen molar-refractivity contribution >= 4 is 64.6 Å². The lowest BCUT2D eigenvalue weighted by Gasteiger charge is -2.41. The van der Waals surface area contributed by atoms with E-state index in [-0.39, 0.29) is 35.3 Å². The predicted octanol–water partition coefficient (Wildman–Crippen LogP) is 3.12. The van der Waals surface area contributed by atoms with Gasteiger partial charge >= 0.3 is 12.1 Å². The van der Waals surface area contributed by atoms with Gasteiger partial charge in [0.15, 0.2) is 5.72 Å². The van der Waals surface area contributed by atoms with Gasteiger partial charge < -0.3 is 48.8 Å². The minimum absolute atomic E-state index is 0.0653. The smallest absolute Gasteiger partial charge is 0.409 e. The molecule has 8 atom stereocenters. The van der Waals surface area contributed by atoms with Crippen molar-refractivity contribution in [3.8, 4) is 5.75 Å². The number of hydrogen-bond donors (Lipinski definition) is 3. The SMILES string of the molecule is COc1cc2cc(c1Cl)N(C)C(=O)C[C@H](OC(=O)[C@H](C)N(C)C(=O)CCSC(=O)N(C)CCN(C)C=O)[C@]1(C)O[C@H]1[C@H](C)[C@@H]1C[C@@](O)(NC(=O)O1)[C@H](O)/C=C/C=C(\C)C2. The summed E-state index contributed by atoms with van der Waals surface area (Å²) in [6, 6.07) is 2.37. The number of thioether (sulfide) groups is 1. The lowest BCUT2D eigenvalue weighted by molar-refractivity contribution is -0.162. The first-order valence-corrected chi connectivity index (χ1v) is 20.6. The number of anilines is 1. The zero-order valence-corrected chi connectivity index (χ0v) is 36.5. The van der Waals surface area contributed by atoms with Gasteiger partial charge in [-0.05, 0) is 44.9 Å². The van der Waals surface area contributed by atoms with Crippen LogP contribution in [-0.2, 0) is 39.8 Å². The predicted molar refractivity (Wildman–Crippen MR) is 220 cm³/mol. The molecule has 3 heterocycles. The standard InChI is InChI=1S/C40H56ClN5O12S/c1-23-11-10-12-30(48)40(54)21-29(56-37(52)42-40)24(2)35-39(4,58-35)31(20-33(50)46(8)27-18-26(17-23)19-28(55-9)34(27)41)57-36(51)25(3)45(7)32(49)13-16-59-38(53)44(6)15-14-43(5)22-47/h10-12,18-19,22,24-25,29-31,35,48,54H,13-17,20-21H2,1-9H3,(H,42,52)/b12-10+,23-11+/t24-,25+,29+,30-,31+,35+,39+,40+/m1/s1. The molecule has 326 valence electrons. The molecule has 3 aliphatic heterocycles. The fourth-order valence-corrected chi connectivity index (χ4v) is 8.00. The van der Waals surface area contributed by atoms with E-state index in [2.05, 4.69) is 5.32 Å². The second-order valence-electron chi connectivity index (χ2n) is 15.6. The average molecular weight is 866 g/mol. The molecule has 0 unspecified atom stereocenters. The molecule has 3 N–H and O–H groups in total. The van der Waals surface area contributed by atoms with E-state index >= 15 is 0 Å². The van der Waals surface area contributed by atoms with Gasteiger partial charge in [-0.25, -0.2) is 9.59 Å². The van der Waals surface area contributed by atoms with Crippen molar-refractivity contribution in [1.29, 1.82) is 0 Å². The van der Waals surface area contributed by atoms with Crippen molar-refractivity contribution in [2.45, 2.75) is 95.2 Å². The highest BCUT2D eigenvalue weighted by Gasteiger charge is 2.64. The monoisotopic (exact) mass is 865 g/mol. The van der Waals surface area contributed by atoms with Crippen molar-refractivity contribution in [3.63, 3.8) is 0 Å². The summed E-state index contributed by atoms with van der Waals surface area (Å²) in [5, 5.41) is 24.7. The molecular weight excluding hydrogens is 810 g/mol. The lowest BCUT2D eigenvalue weighted by atomic mass is 9.83. The Labute approximate surface area is 353 Å². The van der Waals surface area contributed by atoms with Gasteiger partial charge in [0.1, 0.15) is 40.7 Å². The van der Waals surface area contributed by atoms with Crippen LogP contribution < -0.4 is 15.0 Å². The molecule has 5 amide bonds. The number of methoxy groups -OCH3 is 1. The molecule has 2 fully saturated rings. The fraction of sp³-hybridized carbons (Fsp3) is 0.600. The summed E-state index contributed by atoms with van der Waals surface area (Å²) < 4.78 is 23.4. The molecule has 59 heavy (non-hydrogen) atoms. The highest BCUT2D eigenvalue weighted by Crippen LogP contribution is 2.49. The maximum Gasteiger partial charge on any atom is 0.409 e. The molecule has 2 saturated heterocycles. The molecule has 0 spiro atoms. The number of carbonyl (C=O) groups excluding carboxylic acids is 6. The minimum Gasteiger partial charge on any atom is -0.495 e. The molecule has 0 saturated carbocycles. The number of epoxide rings is 1. The van der Waals surface area contributed by atoms with Crippen LogP contribution in [0.3, 0.4) is 0 Å². The second kappa shape index (κ2) is 19.8. The number of ether oxygens (including phenoxy) is 4. The van der Waals surface area contributed by atoms with E-state index in [4.69, 9.17) is 30.5 Å². The van der Waals surface area contributed by atoms with Crippen LogP contribution in [0, 0.1) is 5.92 Å². The number of likely N-dealkylation sites (N-methyl/N-ethyl adjacent to an activating group) is 3. The number of esters is 1. The van der Waals surface area contributed by atoms with Gasteiger partial charge in [0.2, 0.25) is 18.2 Å². The first-order valence-electron chi connectivity index (χ1n) is 19.2. The molecular formula is C40H56ClN5O12S. The summed E-state index contributed by atoms with van der Waals surface area (Å²) >= 11 is 7.68. The van der Waals surface area contributed by atoms with Crippen LogP contribution >= 0.6 is 23.4 Å². The van der Waals surface area contributed by atoms with Gasteiger partial charge in [-0.3, -0.25) is 24.5 Å². The van der Waals surface area contributed by atoms with E-state index in [1.54, 1.807) is 52.2 Å². The van der Waals surface area contributed by atoms with Crippen molar-refractivity contribution < 1.29 is 57.9 Å². The largest absolute Gasteiger partial charge is 0.495 e. The minimum atomic E-state index is -2.09. The number of nitrogens with one attached hydrogen (secondary N) is 1. The first kappa shape index (κ1) is 47.3. The van der Waals surface area contributed by atoms with E-state index in [1.165, 1.54) is 53.8 Å². The Kier molecular flexibility index (Phi) is 15.9. The molecule has 17 nitrogen and oxygen atoms in total. The van der Waals surface area contributed by atoms with Crippen LogP contribution in [0.1, 0.15) is 52.5 Å². The second-order valence-corrected chi connectivity index (χ2v) is 17.0. The Morgan fingerprint density at radius 1 is 1.20 bits per heavy atom. The molecule has 19 heteroatoms. The van der Waals surface area contributed by atoms with Crippen molar-refractivity contribution in [2.24, 2.45) is 5.92 Å². The number of benzene rings is 1. The van der Waals surface area contributed by atoms with Gasteiger partial charge in [-0.2, -0.15) is 0 Å².